The highest BCUT2D eigenvalue weighted by Gasteiger charge is 2.37. The molecule has 0 N–H and O–H groups in total. The molecule has 0 bridgehead atoms. The summed E-state index contributed by atoms with van der Waals surface area (Å²) < 4.78 is 0. The molecule has 1 saturated carbocycles. The Morgan fingerprint density at radius 1 is 1.33 bits per heavy atom. The molecule has 1 aliphatic carbocycles. The number of carbonyl (C=O) groups is 2. The first-order valence-electron chi connectivity index (χ1n) is 6.08. The third-order valence-corrected chi connectivity index (χ3v) is 3.84. The lowest BCUT2D eigenvalue weighted by molar-refractivity contribution is -0.141. The van der Waals surface area contributed by atoms with Crippen molar-refractivity contribution in [1.82, 2.24) is 4.90 Å². The molecule has 84 valence electrons. The van der Waals surface area contributed by atoms with Crippen molar-refractivity contribution in [3.8, 4) is 0 Å². The first kappa shape index (κ1) is 10.7. The minimum atomic E-state index is -0.228. The van der Waals surface area contributed by atoms with E-state index in [-0.39, 0.29) is 11.7 Å². The highest BCUT2D eigenvalue weighted by atomic mass is 16.2. The topological polar surface area (TPSA) is 37.4 Å². The lowest BCUT2D eigenvalue weighted by Gasteiger charge is -2.31. The van der Waals surface area contributed by atoms with E-state index >= 15 is 0 Å². The zero-order valence-electron chi connectivity index (χ0n) is 9.37. The first-order valence-corrected chi connectivity index (χ1v) is 6.08. The van der Waals surface area contributed by atoms with Crippen LogP contribution in [0.4, 0.5) is 0 Å². The van der Waals surface area contributed by atoms with Gasteiger partial charge in [0.05, 0.1) is 0 Å². The van der Waals surface area contributed by atoms with Crippen LogP contribution >= 0.6 is 0 Å². The maximum atomic E-state index is 11.6. The normalized spacial score (nSPS) is 25.3. The third-order valence-electron chi connectivity index (χ3n) is 3.84. The summed E-state index contributed by atoms with van der Waals surface area (Å²) in [6.45, 7) is 2.78. The lowest BCUT2D eigenvalue weighted by atomic mass is 9.94. The third kappa shape index (κ3) is 1.92. The standard InChI is InChI=1S/C12H19NO2/c1-2-10(9-5-3-4-6-9)13-8-7-11(14)12(13)15/h9-10H,2-8H2,1H3. The molecule has 0 spiro atoms. The monoisotopic (exact) mass is 209 g/mol. The number of carbonyl (C=O) groups excluding carboxylic acids is 2. The quantitative estimate of drug-likeness (QED) is 0.664. The molecular weight excluding hydrogens is 190 g/mol. The zero-order chi connectivity index (χ0) is 10.8. The van der Waals surface area contributed by atoms with Gasteiger partial charge in [0.1, 0.15) is 0 Å². The van der Waals surface area contributed by atoms with Crippen LogP contribution in [0.2, 0.25) is 0 Å². The second-order valence-corrected chi connectivity index (χ2v) is 4.69. The van der Waals surface area contributed by atoms with Gasteiger partial charge in [-0.15, -0.1) is 0 Å². The van der Waals surface area contributed by atoms with Crippen LogP contribution in [0.15, 0.2) is 0 Å². The molecule has 0 aromatic rings. The van der Waals surface area contributed by atoms with Gasteiger partial charge in [0.2, 0.25) is 5.78 Å². The molecule has 1 unspecified atom stereocenters. The Labute approximate surface area is 90.8 Å². The van der Waals surface area contributed by atoms with Crippen molar-refractivity contribution in [1.29, 1.82) is 0 Å². The van der Waals surface area contributed by atoms with Crippen molar-refractivity contribution < 1.29 is 9.59 Å². The maximum Gasteiger partial charge on any atom is 0.290 e. The summed E-state index contributed by atoms with van der Waals surface area (Å²) in [5.41, 5.74) is 0. The zero-order valence-corrected chi connectivity index (χ0v) is 9.37. The van der Waals surface area contributed by atoms with E-state index in [2.05, 4.69) is 6.92 Å². The summed E-state index contributed by atoms with van der Waals surface area (Å²) in [6.07, 6.45) is 6.47. The second kappa shape index (κ2) is 4.33. The SMILES string of the molecule is CCC(C1CCCC1)N1CCC(=O)C1=O. The van der Waals surface area contributed by atoms with Gasteiger partial charge >= 0.3 is 0 Å². The number of likely N-dealkylation sites (tertiary alicyclic amines) is 1. The predicted octanol–water partition coefficient (Wildman–Crippen LogP) is 1.76. The van der Waals surface area contributed by atoms with Crippen molar-refractivity contribution in [2.45, 2.75) is 51.5 Å². The Hall–Kier alpha value is -0.860. The number of amides is 1. The summed E-state index contributed by atoms with van der Waals surface area (Å²) in [6, 6.07) is 0.325. The first-order chi connectivity index (χ1) is 7.24. The molecule has 2 rings (SSSR count). The summed E-state index contributed by atoms with van der Waals surface area (Å²) in [4.78, 5) is 24.7. The number of Topliss-reactive ketones (excluding diaryl/α,β-unsaturated/α-hetero) is 1. The van der Waals surface area contributed by atoms with Crippen LogP contribution in [-0.4, -0.2) is 29.2 Å². The van der Waals surface area contributed by atoms with Gasteiger partial charge in [-0.05, 0) is 25.2 Å². The molecule has 0 aromatic carbocycles. The summed E-state index contributed by atoms with van der Waals surface area (Å²) in [7, 11) is 0. The number of hydrogen-bond donors (Lipinski definition) is 0. The molecule has 0 radical (unpaired) electrons. The van der Waals surface area contributed by atoms with Crippen molar-refractivity contribution >= 4 is 11.7 Å². The Morgan fingerprint density at radius 2 is 2.00 bits per heavy atom. The minimum absolute atomic E-state index is 0.188. The van der Waals surface area contributed by atoms with Gasteiger partial charge < -0.3 is 4.90 Å². The number of rotatable bonds is 3. The summed E-state index contributed by atoms with van der Waals surface area (Å²) in [5, 5.41) is 0. The summed E-state index contributed by atoms with van der Waals surface area (Å²) in [5.74, 6) is 0.227. The van der Waals surface area contributed by atoms with E-state index in [4.69, 9.17) is 0 Å². The van der Waals surface area contributed by atoms with Crippen LogP contribution in [0.1, 0.15) is 45.4 Å². The Balaban J connectivity index is 2.05. The van der Waals surface area contributed by atoms with Crippen LogP contribution in [0.3, 0.4) is 0 Å². The van der Waals surface area contributed by atoms with Crippen LogP contribution in [0.25, 0.3) is 0 Å². The molecule has 1 aliphatic heterocycles. The lowest BCUT2D eigenvalue weighted by Crippen LogP contribution is -2.41. The highest BCUT2D eigenvalue weighted by Crippen LogP contribution is 2.33. The fraction of sp³-hybridized carbons (Fsp3) is 0.833. The van der Waals surface area contributed by atoms with Crippen molar-refractivity contribution in [3.05, 3.63) is 0 Å². The van der Waals surface area contributed by atoms with E-state index in [0.29, 0.717) is 24.9 Å². The largest absolute Gasteiger partial charge is 0.332 e. The smallest absolute Gasteiger partial charge is 0.290 e. The molecule has 1 atom stereocenters. The Bertz CT molecular complexity index is 269. The van der Waals surface area contributed by atoms with E-state index in [1.165, 1.54) is 25.7 Å². The molecule has 1 saturated heterocycles. The maximum absolute atomic E-state index is 11.6. The molecule has 3 nitrogen and oxygen atoms in total. The van der Waals surface area contributed by atoms with Gasteiger partial charge in [0, 0.05) is 19.0 Å². The van der Waals surface area contributed by atoms with E-state index in [0.717, 1.165) is 6.42 Å². The van der Waals surface area contributed by atoms with E-state index < -0.39 is 0 Å². The molecule has 2 aliphatic rings. The number of hydrogen-bond acceptors (Lipinski definition) is 2. The van der Waals surface area contributed by atoms with Crippen LogP contribution in [0, 0.1) is 5.92 Å². The van der Waals surface area contributed by atoms with Gasteiger partial charge in [-0.2, -0.15) is 0 Å². The van der Waals surface area contributed by atoms with Gasteiger partial charge in [0.25, 0.3) is 5.91 Å². The molecule has 2 fully saturated rings. The van der Waals surface area contributed by atoms with Crippen LogP contribution in [-0.2, 0) is 9.59 Å². The summed E-state index contributed by atoms with van der Waals surface area (Å²) >= 11 is 0. The van der Waals surface area contributed by atoms with Crippen LogP contribution in [0.5, 0.6) is 0 Å². The molecule has 15 heavy (non-hydrogen) atoms. The Kier molecular flexibility index (Phi) is 3.08. The molecule has 1 amide bonds. The van der Waals surface area contributed by atoms with E-state index in [1.54, 1.807) is 0 Å². The number of ketones is 1. The fourth-order valence-electron chi connectivity index (χ4n) is 3.06. The van der Waals surface area contributed by atoms with E-state index in [9.17, 15) is 9.59 Å². The minimum Gasteiger partial charge on any atom is -0.332 e. The Morgan fingerprint density at radius 3 is 2.47 bits per heavy atom. The second-order valence-electron chi connectivity index (χ2n) is 4.69. The molecule has 3 heteroatoms. The van der Waals surface area contributed by atoms with Gasteiger partial charge in [0.15, 0.2) is 0 Å². The average molecular weight is 209 g/mol. The van der Waals surface area contributed by atoms with Gasteiger partial charge in [-0.25, -0.2) is 0 Å². The number of nitrogens with zero attached hydrogens (tertiary/aromatic N) is 1. The van der Waals surface area contributed by atoms with Gasteiger partial charge in [-0.3, -0.25) is 9.59 Å². The van der Waals surface area contributed by atoms with E-state index in [1.807, 2.05) is 4.90 Å². The predicted molar refractivity (Wildman–Crippen MR) is 57.4 cm³/mol. The van der Waals surface area contributed by atoms with Gasteiger partial charge in [-0.1, -0.05) is 19.8 Å². The highest BCUT2D eigenvalue weighted by molar-refractivity contribution is 6.37. The van der Waals surface area contributed by atoms with Crippen molar-refractivity contribution in [2.75, 3.05) is 6.54 Å². The fourth-order valence-corrected chi connectivity index (χ4v) is 3.06. The molecular formula is C12H19NO2. The molecule has 1 heterocycles. The van der Waals surface area contributed by atoms with Crippen molar-refractivity contribution in [3.63, 3.8) is 0 Å². The average Bonchev–Trinajstić information content (AvgIpc) is 2.84. The van der Waals surface area contributed by atoms with Crippen LogP contribution < -0.4 is 0 Å². The van der Waals surface area contributed by atoms with Crippen molar-refractivity contribution in [2.24, 2.45) is 5.92 Å². The molecule has 0 aromatic heterocycles.